The van der Waals surface area contributed by atoms with Gasteiger partial charge in [-0.25, -0.2) is 4.39 Å². The lowest BCUT2D eigenvalue weighted by molar-refractivity contribution is 0.0764. The highest BCUT2D eigenvalue weighted by Gasteiger charge is 2.26. The molecule has 1 heterocycles. The van der Waals surface area contributed by atoms with E-state index in [-0.39, 0.29) is 18.3 Å². The van der Waals surface area contributed by atoms with Crippen molar-refractivity contribution in [2.75, 3.05) is 19.7 Å². The van der Waals surface area contributed by atoms with E-state index in [1.165, 1.54) is 25.0 Å². The number of ether oxygens (including phenoxy) is 1. The van der Waals surface area contributed by atoms with Gasteiger partial charge in [-0.15, -0.1) is 0 Å². The zero-order valence-corrected chi connectivity index (χ0v) is 11.9. The lowest BCUT2D eigenvalue weighted by Crippen LogP contribution is -2.29. The molecule has 0 aromatic heterocycles. The Morgan fingerprint density at radius 3 is 2.86 bits per heavy atom. The summed E-state index contributed by atoms with van der Waals surface area (Å²) in [5, 5.41) is 9.49. The molecule has 3 rings (SSSR count). The quantitative estimate of drug-likeness (QED) is 0.903. The molecule has 1 saturated heterocycles. The van der Waals surface area contributed by atoms with Gasteiger partial charge in [0.2, 0.25) is 0 Å². The number of rotatable bonds is 5. The van der Waals surface area contributed by atoms with E-state index in [0.717, 1.165) is 0 Å². The highest BCUT2D eigenvalue weighted by Crippen LogP contribution is 2.29. The fourth-order valence-electron chi connectivity index (χ4n) is 2.55. The Morgan fingerprint density at radius 2 is 2.19 bits per heavy atom. The molecule has 114 valence electrons. The number of amides is 1. The molecule has 1 atom stereocenters. The molecule has 5 heteroatoms. The highest BCUT2D eigenvalue weighted by atomic mass is 19.1. The first kappa shape index (κ1) is 14.5. The van der Waals surface area contributed by atoms with E-state index < -0.39 is 6.10 Å². The van der Waals surface area contributed by atoms with Gasteiger partial charge in [-0.2, -0.15) is 0 Å². The van der Waals surface area contributed by atoms with Crippen LogP contribution in [0.15, 0.2) is 18.2 Å². The first-order chi connectivity index (χ1) is 10.1. The predicted octanol–water partition coefficient (Wildman–Crippen LogP) is 1.96. The van der Waals surface area contributed by atoms with Gasteiger partial charge in [-0.05, 0) is 43.4 Å². The Bertz CT molecular complexity index is 530. The number of hydrogen-bond donors (Lipinski definition) is 1. The molecule has 4 nitrogen and oxygen atoms in total. The molecule has 0 spiro atoms. The summed E-state index contributed by atoms with van der Waals surface area (Å²) in [6, 6.07) is 4.37. The van der Waals surface area contributed by atoms with Gasteiger partial charge < -0.3 is 14.7 Å². The van der Waals surface area contributed by atoms with E-state index in [1.807, 2.05) is 0 Å². The van der Waals surface area contributed by atoms with Crippen LogP contribution >= 0.6 is 0 Å². The van der Waals surface area contributed by atoms with E-state index in [4.69, 9.17) is 4.74 Å². The SMILES string of the molecule is O=C(c1ccc(F)c(COCC2CC2)c1)N1CC[C@H](O)C1. The molecule has 1 saturated carbocycles. The Hall–Kier alpha value is -1.46. The average Bonchev–Trinajstić information content (AvgIpc) is 3.20. The monoisotopic (exact) mass is 293 g/mol. The summed E-state index contributed by atoms with van der Waals surface area (Å²) in [7, 11) is 0. The normalized spacial score (nSPS) is 21.8. The Labute approximate surface area is 123 Å². The van der Waals surface area contributed by atoms with Gasteiger partial charge in [0.25, 0.3) is 5.91 Å². The Kier molecular flexibility index (Phi) is 4.22. The van der Waals surface area contributed by atoms with Crippen LogP contribution in [0.2, 0.25) is 0 Å². The summed E-state index contributed by atoms with van der Waals surface area (Å²) in [4.78, 5) is 13.9. The summed E-state index contributed by atoms with van der Waals surface area (Å²) in [6.45, 7) is 1.76. The van der Waals surface area contributed by atoms with Crippen molar-refractivity contribution in [3.63, 3.8) is 0 Å². The van der Waals surface area contributed by atoms with E-state index >= 15 is 0 Å². The number of nitrogens with zero attached hydrogens (tertiary/aromatic N) is 1. The van der Waals surface area contributed by atoms with Crippen LogP contribution < -0.4 is 0 Å². The number of benzene rings is 1. The largest absolute Gasteiger partial charge is 0.391 e. The molecule has 2 aliphatic rings. The van der Waals surface area contributed by atoms with Gasteiger partial charge >= 0.3 is 0 Å². The number of hydrogen-bond acceptors (Lipinski definition) is 3. The maximum atomic E-state index is 13.8. The minimum atomic E-state index is -0.448. The molecular formula is C16H20FNO3. The second-order valence-corrected chi connectivity index (χ2v) is 5.96. The number of aliphatic hydroxyl groups is 1. The third-order valence-corrected chi connectivity index (χ3v) is 4.05. The molecule has 21 heavy (non-hydrogen) atoms. The Morgan fingerprint density at radius 1 is 1.38 bits per heavy atom. The molecule has 2 fully saturated rings. The van der Waals surface area contributed by atoms with Crippen LogP contribution in [0.5, 0.6) is 0 Å². The van der Waals surface area contributed by atoms with Crippen LogP contribution in [0, 0.1) is 11.7 Å². The standard InChI is InChI=1S/C16H20FNO3/c17-15-4-3-12(16(20)18-6-5-14(19)8-18)7-13(15)10-21-9-11-1-2-11/h3-4,7,11,14,19H,1-2,5-6,8-10H2/t14-/m0/s1. The zero-order chi connectivity index (χ0) is 14.8. The third kappa shape index (κ3) is 3.60. The molecule has 1 aromatic carbocycles. The summed E-state index contributed by atoms with van der Waals surface area (Å²) in [6.07, 6.45) is 2.54. The van der Waals surface area contributed by atoms with Crippen LogP contribution in [0.1, 0.15) is 35.2 Å². The fraction of sp³-hybridized carbons (Fsp3) is 0.562. The van der Waals surface area contributed by atoms with Crippen molar-refractivity contribution in [3.8, 4) is 0 Å². The summed E-state index contributed by atoms with van der Waals surface area (Å²) in [5.41, 5.74) is 0.872. The van der Waals surface area contributed by atoms with Crippen molar-refractivity contribution < 1.29 is 19.0 Å². The number of carbonyl (C=O) groups excluding carboxylic acids is 1. The van der Waals surface area contributed by atoms with Crippen molar-refractivity contribution >= 4 is 5.91 Å². The van der Waals surface area contributed by atoms with E-state index in [0.29, 0.717) is 43.2 Å². The lowest BCUT2D eigenvalue weighted by Gasteiger charge is -2.16. The van der Waals surface area contributed by atoms with Gasteiger partial charge in [-0.1, -0.05) is 0 Å². The fourth-order valence-corrected chi connectivity index (χ4v) is 2.55. The van der Waals surface area contributed by atoms with Gasteiger partial charge in [0.05, 0.1) is 12.7 Å². The molecular weight excluding hydrogens is 273 g/mol. The third-order valence-electron chi connectivity index (χ3n) is 4.05. The molecule has 0 unspecified atom stereocenters. The van der Waals surface area contributed by atoms with Gasteiger partial charge in [0, 0.05) is 30.8 Å². The average molecular weight is 293 g/mol. The minimum absolute atomic E-state index is 0.157. The van der Waals surface area contributed by atoms with Crippen LogP contribution in [-0.4, -0.2) is 41.7 Å². The number of carbonyl (C=O) groups is 1. The molecule has 1 aliphatic heterocycles. The van der Waals surface area contributed by atoms with Crippen molar-refractivity contribution in [1.82, 2.24) is 4.90 Å². The topological polar surface area (TPSA) is 49.8 Å². The second kappa shape index (κ2) is 6.12. The summed E-state index contributed by atoms with van der Waals surface area (Å²) in [5.74, 6) is 0.128. The molecule has 0 radical (unpaired) electrons. The van der Waals surface area contributed by atoms with Gasteiger partial charge in [-0.3, -0.25) is 4.79 Å². The lowest BCUT2D eigenvalue weighted by atomic mass is 10.1. The minimum Gasteiger partial charge on any atom is -0.391 e. The summed E-state index contributed by atoms with van der Waals surface area (Å²) < 4.78 is 19.3. The van der Waals surface area contributed by atoms with E-state index in [9.17, 15) is 14.3 Å². The second-order valence-electron chi connectivity index (χ2n) is 5.96. The molecule has 1 aliphatic carbocycles. The molecule has 0 bridgehead atoms. The van der Waals surface area contributed by atoms with E-state index in [1.54, 1.807) is 11.0 Å². The summed E-state index contributed by atoms with van der Waals surface area (Å²) >= 11 is 0. The number of aliphatic hydroxyl groups excluding tert-OH is 1. The van der Waals surface area contributed by atoms with Crippen LogP contribution in [0.3, 0.4) is 0 Å². The smallest absolute Gasteiger partial charge is 0.253 e. The number of β-amino-alcohol motifs (C(OH)–C–C–N with tert-alkyl or cyclic N) is 1. The maximum Gasteiger partial charge on any atom is 0.253 e. The number of halogens is 1. The molecule has 1 aromatic rings. The van der Waals surface area contributed by atoms with Gasteiger partial charge in [0.1, 0.15) is 5.82 Å². The zero-order valence-electron chi connectivity index (χ0n) is 11.9. The first-order valence-electron chi connectivity index (χ1n) is 7.47. The van der Waals surface area contributed by atoms with Crippen molar-refractivity contribution in [1.29, 1.82) is 0 Å². The molecule has 1 amide bonds. The van der Waals surface area contributed by atoms with Crippen LogP contribution in [0.25, 0.3) is 0 Å². The predicted molar refractivity (Wildman–Crippen MR) is 75.3 cm³/mol. The van der Waals surface area contributed by atoms with Crippen molar-refractivity contribution in [3.05, 3.63) is 35.1 Å². The Balaban J connectivity index is 1.65. The van der Waals surface area contributed by atoms with Crippen LogP contribution in [-0.2, 0) is 11.3 Å². The van der Waals surface area contributed by atoms with E-state index in [2.05, 4.69) is 0 Å². The number of likely N-dealkylation sites (tertiary alicyclic amines) is 1. The van der Waals surface area contributed by atoms with Crippen molar-refractivity contribution in [2.24, 2.45) is 5.92 Å². The van der Waals surface area contributed by atoms with Crippen molar-refractivity contribution in [2.45, 2.75) is 32.0 Å². The first-order valence-corrected chi connectivity index (χ1v) is 7.47. The van der Waals surface area contributed by atoms with Gasteiger partial charge in [0.15, 0.2) is 0 Å². The maximum absolute atomic E-state index is 13.8. The van der Waals surface area contributed by atoms with Crippen LogP contribution in [0.4, 0.5) is 4.39 Å². The highest BCUT2D eigenvalue weighted by molar-refractivity contribution is 5.94. The molecule has 1 N–H and O–H groups in total.